The third-order valence-electron chi connectivity index (χ3n) is 3.38. The Hall–Kier alpha value is -2.45. The molecule has 2 N–H and O–H groups in total. The van der Waals surface area contributed by atoms with E-state index in [1.54, 1.807) is 0 Å². The van der Waals surface area contributed by atoms with Crippen LogP contribution in [0.5, 0.6) is 0 Å². The van der Waals surface area contributed by atoms with Crippen molar-refractivity contribution in [3.05, 3.63) is 58.9 Å². The lowest BCUT2D eigenvalue weighted by Crippen LogP contribution is -2.27. The minimum Gasteiger partial charge on any atom is -0.351 e. The van der Waals surface area contributed by atoms with E-state index in [1.807, 2.05) is 0 Å². The van der Waals surface area contributed by atoms with E-state index >= 15 is 0 Å². The highest BCUT2D eigenvalue weighted by molar-refractivity contribution is 7.90. The number of sulfone groups is 1. The molecule has 0 radical (unpaired) electrons. The van der Waals surface area contributed by atoms with Gasteiger partial charge in [-0.05, 0) is 42.5 Å². The van der Waals surface area contributed by atoms with E-state index in [0.717, 1.165) is 18.4 Å². The monoisotopic (exact) mass is 398 g/mol. The largest absolute Gasteiger partial charge is 0.351 e. The Balaban J connectivity index is 1.84. The molecule has 0 aromatic heterocycles. The van der Waals surface area contributed by atoms with Crippen LogP contribution in [-0.4, -0.2) is 33.0 Å². The maximum Gasteiger partial charge on any atom is 0.252 e. The van der Waals surface area contributed by atoms with Gasteiger partial charge in [0.15, 0.2) is 9.84 Å². The van der Waals surface area contributed by atoms with Gasteiger partial charge in [0, 0.05) is 24.9 Å². The third kappa shape index (κ3) is 5.53. The second kappa shape index (κ2) is 8.29. The van der Waals surface area contributed by atoms with Gasteiger partial charge >= 0.3 is 0 Å². The Bertz CT molecular complexity index is 930. The van der Waals surface area contributed by atoms with Crippen molar-refractivity contribution in [1.82, 2.24) is 5.32 Å². The van der Waals surface area contributed by atoms with Crippen molar-refractivity contribution in [2.24, 2.45) is 0 Å². The topological polar surface area (TPSA) is 92.3 Å². The van der Waals surface area contributed by atoms with E-state index in [0.29, 0.717) is 5.69 Å². The molecule has 0 heterocycles. The summed E-state index contributed by atoms with van der Waals surface area (Å²) < 4.78 is 35.7. The molecule has 138 valence electrons. The fraction of sp³-hybridized carbons (Fsp3) is 0.176. The van der Waals surface area contributed by atoms with Crippen LogP contribution in [0.15, 0.2) is 47.4 Å². The maximum absolute atomic E-state index is 13.0. The van der Waals surface area contributed by atoms with Crippen molar-refractivity contribution in [3.8, 4) is 0 Å². The standard InChI is InChI=1S/C17H16ClFN2O4S/c1-26(24,25)13-5-3-12(4-6-13)21-16(22)8-9-20-17(23)14-7-2-11(19)10-15(14)18/h2-7,10H,8-9H2,1H3,(H,20,23)(H,21,22). The van der Waals surface area contributed by atoms with Gasteiger partial charge in [-0.15, -0.1) is 0 Å². The van der Waals surface area contributed by atoms with E-state index in [4.69, 9.17) is 11.6 Å². The molecular weight excluding hydrogens is 383 g/mol. The molecule has 6 nitrogen and oxygen atoms in total. The lowest BCUT2D eigenvalue weighted by Gasteiger charge is -2.08. The first-order valence-electron chi connectivity index (χ1n) is 7.50. The van der Waals surface area contributed by atoms with Gasteiger partial charge in [-0.2, -0.15) is 0 Å². The number of rotatable bonds is 6. The summed E-state index contributed by atoms with van der Waals surface area (Å²) in [7, 11) is -3.30. The zero-order chi connectivity index (χ0) is 19.3. The Labute approximate surface area is 155 Å². The number of anilines is 1. The quantitative estimate of drug-likeness (QED) is 0.782. The summed E-state index contributed by atoms with van der Waals surface area (Å²) in [6.45, 7) is 0.0554. The molecule has 0 saturated carbocycles. The summed E-state index contributed by atoms with van der Waals surface area (Å²) in [5, 5.41) is 5.10. The highest BCUT2D eigenvalue weighted by Gasteiger charge is 2.12. The Kier molecular flexibility index (Phi) is 6.33. The van der Waals surface area contributed by atoms with Crippen LogP contribution < -0.4 is 10.6 Å². The minimum absolute atomic E-state index is 0.00161. The molecule has 2 aromatic rings. The normalized spacial score (nSPS) is 11.0. The average Bonchev–Trinajstić information content (AvgIpc) is 2.54. The summed E-state index contributed by atoms with van der Waals surface area (Å²) in [5.41, 5.74) is 0.556. The van der Waals surface area contributed by atoms with Crippen molar-refractivity contribution in [3.63, 3.8) is 0 Å². The van der Waals surface area contributed by atoms with Gasteiger partial charge in [0.25, 0.3) is 5.91 Å². The molecule has 0 unspecified atom stereocenters. The molecule has 2 aromatic carbocycles. The van der Waals surface area contributed by atoms with Gasteiger partial charge in [-0.25, -0.2) is 12.8 Å². The number of halogens is 2. The van der Waals surface area contributed by atoms with Crippen LogP contribution in [0.1, 0.15) is 16.8 Å². The minimum atomic E-state index is -3.30. The smallest absolute Gasteiger partial charge is 0.252 e. The van der Waals surface area contributed by atoms with Gasteiger partial charge in [0.05, 0.1) is 15.5 Å². The summed E-state index contributed by atoms with van der Waals surface area (Å²) in [6, 6.07) is 9.15. The van der Waals surface area contributed by atoms with Gasteiger partial charge in [0.1, 0.15) is 5.82 Å². The molecule has 2 rings (SSSR count). The zero-order valence-corrected chi connectivity index (χ0v) is 15.3. The third-order valence-corrected chi connectivity index (χ3v) is 4.82. The zero-order valence-electron chi connectivity index (χ0n) is 13.8. The molecule has 0 aliphatic carbocycles. The predicted octanol–water partition coefficient (Wildman–Crippen LogP) is 2.64. The summed E-state index contributed by atoms with van der Waals surface area (Å²) >= 11 is 5.80. The van der Waals surface area contributed by atoms with Gasteiger partial charge < -0.3 is 10.6 Å². The van der Waals surface area contributed by atoms with E-state index in [1.165, 1.54) is 30.3 Å². The Morgan fingerprint density at radius 2 is 1.77 bits per heavy atom. The van der Waals surface area contributed by atoms with Gasteiger partial charge in [-0.1, -0.05) is 11.6 Å². The van der Waals surface area contributed by atoms with E-state index in [-0.39, 0.29) is 34.4 Å². The number of nitrogens with one attached hydrogen (secondary N) is 2. The Morgan fingerprint density at radius 3 is 2.35 bits per heavy atom. The SMILES string of the molecule is CS(=O)(=O)c1ccc(NC(=O)CCNC(=O)c2ccc(F)cc2Cl)cc1. The van der Waals surface area contributed by atoms with Crippen LogP contribution in [0.3, 0.4) is 0 Å². The summed E-state index contributed by atoms with van der Waals surface area (Å²) in [6.07, 6.45) is 1.09. The maximum atomic E-state index is 13.0. The fourth-order valence-electron chi connectivity index (χ4n) is 2.07. The van der Waals surface area contributed by atoms with Crippen molar-refractivity contribution >= 4 is 38.9 Å². The van der Waals surface area contributed by atoms with Crippen LogP contribution in [0.4, 0.5) is 10.1 Å². The molecule has 0 bridgehead atoms. The van der Waals surface area contributed by atoms with Crippen molar-refractivity contribution < 1.29 is 22.4 Å². The summed E-state index contributed by atoms with van der Waals surface area (Å²) in [4.78, 5) is 24.0. The van der Waals surface area contributed by atoms with E-state index in [2.05, 4.69) is 10.6 Å². The second-order valence-corrected chi connectivity index (χ2v) is 7.90. The lowest BCUT2D eigenvalue weighted by atomic mass is 10.2. The first-order chi connectivity index (χ1) is 12.2. The average molecular weight is 399 g/mol. The first kappa shape index (κ1) is 19.9. The molecule has 0 fully saturated rings. The van der Waals surface area contributed by atoms with E-state index in [9.17, 15) is 22.4 Å². The molecule has 0 spiro atoms. The van der Waals surface area contributed by atoms with Crippen LogP contribution in [-0.2, 0) is 14.6 Å². The van der Waals surface area contributed by atoms with Crippen molar-refractivity contribution in [1.29, 1.82) is 0 Å². The number of carbonyl (C=O) groups excluding carboxylic acids is 2. The number of hydrogen-bond acceptors (Lipinski definition) is 4. The number of carbonyl (C=O) groups is 2. The highest BCUT2D eigenvalue weighted by atomic mass is 35.5. The van der Waals surface area contributed by atoms with Crippen molar-refractivity contribution in [2.45, 2.75) is 11.3 Å². The van der Waals surface area contributed by atoms with Gasteiger partial charge in [-0.3, -0.25) is 9.59 Å². The molecule has 2 amide bonds. The van der Waals surface area contributed by atoms with E-state index < -0.39 is 21.6 Å². The van der Waals surface area contributed by atoms with Crippen LogP contribution in [0.2, 0.25) is 5.02 Å². The predicted molar refractivity (Wildman–Crippen MR) is 96.5 cm³/mol. The first-order valence-corrected chi connectivity index (χ1v) is 9.77. The summed E-state index contributed by atoms with van der Waals surface area (Å²) in [5.74, 6) is -1.42. The molecular formula is C17H16ClFN2O4S. The number of hydrogen-bond donors (Lipinski definition) is 2. The van der Waals surface area contributed by atoms with Gasteiger partial charge in [0.2, 0.25) is 5.91 Å². The van der Waals surface area contributed by atoms with Crippen LogP contribution in [0.25, 0.3) is 0 Å². The molecule has 0 atom stereocenters. The molecule has 9 heteroatoms. The van der Waals surface area contributed by atoms with Crippen LogP contribution in [0, 0.1) is 5.82 Å². The lowest BCUT2D eigenvalue weighted by molar-refractivity contribution is -0.116. The second-order valence-electron chi connectivity index (χ2n) is 5.47. The molecule has 0 saturated heterocycles. The van der Waals surface area contributed by atoms with Crippen LogP contribution >= 0.6 is 11.6 Å². The fourth-order valence-corrected chi connectivity index (χ4v) is 2.95. The Morgan fingerprint density at radius 1 is 1.12 bits per heavy atom. The molecule has 26 heavy (non-hydrogen) atoms. The number of benzene rings is 2. The highest BCUT2D eigenvalue weighted by Crippen LogP contribution is 2.17. The van der Waals surface area contributed by atoms with Crippen molar-refractivity contribution in [2.75, 3.05) is 18.1 Å². The molecule has 0 aliphatic rings. The molecule has 0 aliphatic heterocycles. The number of amides is 2.